The summed E-state index contributed by atoms with van der Waals surface area (Å²) in [5, 5.41) is 0.726. The van der Waals surface area contributed by atoms with E-state index in [9.17, 15) is 0 Å². The molecule has 0 radical (unpaired) electrons. The molecule has 2 aromatic rings. The molecular weight excluding hydrogens is 270 g/mol. The lowest BCUT2D eigenvalue weighted by molar-refractivity contribution is 0.269. The Morgan fingerprint density at radius 2 is 2.00 bits per heavy atom. The van der Waals surface area contributed by atoms with E-state index in [1.54, 1.807) is 0 Å². The zero-order valence-electron chi connectivity index (χ0n) is 12.2. The van der Waals surface area contributed by atoms with Gasteiger partial charge < -0.3 is 4.74 Å². The van der Waals surface area contributed by atoms with Crippen molar-refractivity contribution in [3.63, 3.8) is 0 Å². The van der Waals surface area contributed by atoms with E-state index >= 15 is 0 Å². The van der Waals surface area contributed by atoms with Crippen molar-refractivity contribution in [1.82, 2.24) is 4.98 Å². The minimum Gasteiger partial charge on any atom is -0.493 e. The molecule has 0 aliphatic heterocycles. The van der Waals surface area contributed by atoms with Crippen molar-refractivity contribution in [3.8, 4) is 5.75 Å². The van der Waals surface area contributed by atoms with Crippen LogP contribution < -0.4 is 4.74 Å². The maximum absolute atomic E-state index is 6.10. The first-order valence-corrected chi connectivity index (χ1v) is 7.26. The normalized spacial score (nSPS) is 10.8. The summed E-state index contributed by atoms with van der Waals surface area (Å²) in [4.78, 5) is 4.54. The third-order valence-electron chi connectivity index (χ3n) is 2.91. The molecule has 1 aromatic heterocycles. The van der Waals surface area contributed by atoms with Crippen LogP contribution in [0.25, 0.3) is 0 Å². The first-order chi connectivity index (χ1) is 9.54. The van der Waals surface area contributed by atoms with Crippen LogP contribution in [-0.4, -0.2) is 11.6 Å². The summed E-state index contributed by atoms with van der Waals surface area (Å²) in [7, 11) is 0. The van der Waals surface area contributed by atoms with Crippen molar-refractivity contribution in [1.29, 1.82) is 0 Å². The van der Waals surface area contributed by atoms with Crippen molar-refractivity contribution < 1.29 is 4.74 Å². The molecule has 0 saturated heterocycles. The smallest absolute Gasteiger partial charge is 0.122 e. The van der Waals surface area contributed by atoms with Gasteiger partial charge in [-0.15, -0.1) is 0 Å². The standard InChI is InChI=1S/C17H20ClNO/c1-12(2)11-20-17-8-7-15(18)9-14(17)10-16-6-4-5-13(3)19-16/h4-9,12H,10-11H2,1-3H3. The van der Waals surface area contributed by atoms with Gasteiger partial charge in [-0.2, -0.15) is 0 Å². The molecule has 20 heavy (non-hydrogen) atoms. The van der Waals surface area contributed by atoms with Gasteiger partial charge in [0.15, 0.2) is 0 Å². The summed E-state index contributed by atoms with van der Waals surface area (Å²) in [6, 6.07) is 11.8. The third kappa shape index (κ3) is 4.24. The molecule has 0 bridgehead atoms. The highest BCUT2D eigenvalue weighted by molar-refractivity contribution is 6.30. The molecule has 0 atom stereocenters. The topological polar surface area (TPSA) is 22.1 Å². The Morgan fingerprint density at radius 1 is 1.20 bits per heavy atom. The average molecular weight is 290 g/mol. The summed E-state index contributed by atoms with van der Waals surface area (Å²) >= 11 is 6.10. The zero-order valence-corrected chi connectivity index (χ0v) is 12.9. The molecule has 1 heterocycles. The van der Waals surface area contributed by atoms with Crippen LogP contribution in [-0.2, 0) is 6.42 Å². The van der Waals surface area contributed by atoms with Crippen molar-refractivity contribution in [2.45, 2.75) is 27.2 Å². The lowest BCUT2D eigenvalue weighted by Gasteiger charge is -2.13. The van der Waals surface area contributed by atoms with Crippen LogP contribution in [0, 0.1) is 12.8 Å². The number of halogens is 1. The molecule has 2 nitrogen and oxygen atoms in total. The lowest BCUT2D eigenvalue weighted by atomic mass is 10.1. The lowest BCUT2D eigenvalue weighted by Crippen LogP contribution is -2.06. The maximum atomic E-state index is 6.10. The van der Waals surface area contributed by atoms with E-state index in [2.05, 4.69) is 18.8 Å². The van der Waals surface area contributed by atoms with Gasteiger partial charge in [0.1, 0.15) is 5.75 Å². The second kappa shape index (κ2) is 6.76. The Kier molecular flexibility index (Phi) is 5.02. The Hall–Kier alpha value is -1.54. The molecule has 0 unspecified atom stereocenters. The van der Waals surface area contributed by atoms with E-state index < -0.39 is 0 Å². The van der Waals surface area contributed by atoms with Crippen LogP contribution in [0.2, 0.25) is 5.02 Å². The number of benzene rings is 1. The average Bonchev–Trinajstić information content (AvgIpc) is 2.37. The highest BCUT2D eigenvalue weighted by Crippen LogP contribution is 2.25. The second-order valence-corrected chi connectivity index (χ2v) is 5.84. The minimum absolute atomic E-state index is 0.496. The number of aryl methyl sites for hydroxylation is 1. The van der Waals surface area contributed by atoms with E-state index in [0.29, 0.717) is 12.5 Å². The molecule has 0 aliphatic carbocycles. The van der Waals surface area contributed by atoms with Crippen LogP contribution >= 0.6 is 11.6 Å². The van der Waals surface area contributed by atoms with Crippen LogP contribution in [0.3, 0.4) is 0 Å². The van der Waals surface area contributed by atoms with Crippen LogP contribution in [0.4, 0.5) is 0 Å². The van der Waals surface area contributed by atoms with Gasteiger partial charge in [0.25, 0.3) is 0 Å². The minimum atomic E-state index is 0.496. The molecule has 2 rings (SSSR count). The van der Waals surface area contributed by atoms with Gasteiger partial charge in [0.2, 0.25) is 0 Å². The number of aromatic nitrogens is 1. The summed E-state index contributed by atoms with van der Waals surface area (Å²) in [6.07, 6.45) is 0.732. The van der Waals surface area contributed by atoms with Crippen molar-refractivity contribution >= 4 is 11.6 Å². The number of hydrogen-bond acceptors (Lipinski definition) is 2. The number of rotatable bonds is 5. The van der Waals surface area contributed by atoms with Gasteiger partial charge in [0.05, 0.1) is 6.61 Å². The fraction of sp³-hybridized carbons (Fsp3) is 0.353. The van der Waals surface area contributed by atoms with Gasteiger partial charge >= 0.3 is 0 Å². The molecular formula is C17H20ClNO. The quantitative estimate of drug-likeness (QED) is 0.798. The summed E-state index contributed by atoms with van der Waals surface area (Å²) in [5.41, 5.74) is 3.13. The second-order valence-electron chi connectivity index (χ2n) is 5.40. The number of ether oxygens (including phenoxy) is 1. The Morgan fingerprint density at radius 3 is 2.70 bits per heavy atom. The molecule has 0 spiro atoms. The molecule has 0 amide bonds. The van der Waals surface area contributed by atoms with Crippen molar-refractivity contribution in [2.75, 3.05) is 6.61 Å². The summed E-state index contributed by atoms with van der Waals surface area (Å²) < 4.78 is 5.87. The fourth-order valence-electron chi connectivity index (χ4n) is 1.98. The molecule has 0 fully saturated rings. The fourth-order valence-corrected chi connectivity index (χ4v) is 2.17. The highest BCUT2D eigenvalue weighted by Gasteiger charge is 2.08. The molecule has 1 aromatic carbocycles. The molecule has 106 valence electrons. The maximum Gasteiger partial charge on any atom is 0.122 e. The number of pyridine rings is 1. The van der Waals surface area contributed by atoms with E-state index in [0.717, 1.165) is 34.1 Å². The monoisotopic (exact) mass is 289 g/mol. The van der Waals surface area contributed by atoms with Gasteiger partial charge in [-0.1, -0.05) is 31.5 Å². The third-order valence-corrected chi connectivity index (χ3v) is 3.15. The Labute approximate surface area is 125 Å². The molecule has 0 saturated carbocycles. The van der Waals surface area contributed by atoms with Gasteiger partial charge in [-0.3, -0.25) is 4.98 Å². The van der Waals surface area contributed by atoms with Gasteiger partial charge in [-0.25, -0.2) is 0 Å². The van der Waals surface area contributed by atoms with Crippen molar-refractivity contribution in [3.05, 3.63) is 58.4 Å². The zero-order chi connectivity index (χ0) is 14.5. The molecule has 0 N–H and O–H groups in total. The highest BCUT2D eigenvalue weighted by atomic mass is 35.5. The van der Waals surface area contributed by atoms with E-state index in [-0.39, 0.29) is 0 Å². The predicted octanol–water partition coefficient (Wildman–Crippen LogP) is 4.67. The summed E-state index contributed by atoms with van der Waals surface area (Å²) in [5.74, 6) is 1.39. The number of hydrogen-bond donors (Lipinski definition) is 0. The van der Waals surface area contributed by atoms with Crippen LogP contribution in [0.1, 0.15) is 30.8 Å². The first-order valence-electron chi connectivity index (χ1n) is 6.88. The SMILES string of the molecule is Cc1cccc(Cc2cc(Cl)ccc2OCC(C)C)n1. The van der Waals surface area contributed by atoms with Crippen LogP contribution in [0.5, 0.6) is 5.75 Å². The van der Waals surface area contributed by atoms with E-state index in [1.165, 1.54) is 0 Å². The Bertz CT molecular complexity index is 581. The first kappa shape index (κ1) is 14.9. The Balaban J connectivity index is 2.22. The van der Waals surface area contributed by atoms with Gasteiger partial charge in [0, 0.05) is 28.4 Å². The largest absolute Gasteiger partial charge is 0.493 e. The molecule has 3 heteroatoms. The van der Waals surface area contributed by atoms with E-state index in [1.807, 2.05) is 43.3 Å². The van der Waals surface area contributed by atoms with Crippen molar-refractivity contribution in [2.24, 2.45) is 5.92 Å². The molecule has 0 aliphatic rings. The summed E-state index contributed by atoms with van der Waals surface area (Å²) in [6.45, 7) is 6.98. The van der Waals surface area contributed by atoms with Crippen LogP contribution in [0.15, 0.2) is 36.4 Å². The predicted molar refractivity (Wildman–Crippen MR) is 83.6 cm³/mol. The van der Waals surface area contributed by atoms with Gasteiger partial charge in [-0.05, 0) is 43.2 Å². The number of nitrogens with zero attached hydrogens (tertiary/aromatic N) is 1. The van der Waals surface area contributed by atoms with E-state index in [4.69, 9.17) is 16.3 Å².